The molecule has 3 N–H and O–H groups in total. The predicted octanol–water partition coefficient (Wildman–Crippen LogP) is 3.44. The van der Waals surface area contributed by atoms with E-state index in [2.05, 4.69) is 16.0 Å². The molecule has 10 heteroatoms. The summed E-state index contributed by atoms with van der Waals surface area (Å²) in [6, 6.07) is 10.4. The number of halogens is 1. The zero-order valence-corrected chi connectivity index (χ0v) is 21.3. The zero-order chi connectivity index (χ0) is 26.5. The van der Waals surface area contributed by atoms with Gasteiger partial charge in [-0.3, -0.25) is 9.59 Å². The Balaban J connectivity index is 1.37. The molecule has 0 bridgehead atoms. The van der Waals surface area contributed by atoms with Gasteiger partial charge in [0.25, 0.3) is 5.91 Å². The number of carbonyl (C=O) groups is 3. The molecule has 2 aromatic rings. The first-order chi connectivity index (χ1) is 17.7. The van der Waals surface area contributed by atoms with Crippen LogP contribution in [0.5, 0.6) is 5.75 Å². The van der Waals surface area contributed by atoms with Crippen LogP contribution < -0.4 is 20.7 Å². The molecule has 4 rings (SSSR count). The van der Waals surface area contributed by atoms with Gasteiger partial charge in [-0.15, -0.1) is 0 Å². The third-order valence-electron chi connectivity index (χ3n) is 6.51. The van der Waals surface area contributed by atoms with Gasteiger partial charge in [-0.25, -0.2) is 9.18 Å². The van der Waals surface area contributed by atoms with E-state index in [0.717, 1.165) is 5.56 Å². The molecule has 0 spiro atoms. The highest BCUT2D eigenvalue weighted by Crippen LogP contribution is 2.32. The Labute approximate surface area is 215 Å². The summed E-state index contributed by atoms with van der Waals surface area (Å²) in [7, 11) is 1.74. The van der Waals surface area contributed by atoms with E-state index in [9.17, 15) is 18.8 Å². The van der Waals surface area contributed by atoms with E-state index in [1.54, 1.807) is 42.3 Å². The number of amides is 4. The van der Waals surface area contributed by atoms with E-state index in [4.69, 9.17) is 9.47 Å². The van der Waals surface area contributed by atoms with E-state index in [1.165, 1.54) is 12.1 Å². The molecule has 2 aliphatic rings. The molecule has 1 saturated heterocycles. The minimum absolute atomic E-state index is 0.0200. The van der Waals surface area contributed by atoms with Crippen LogP contribution in [0.2, 0.25) is 0 Å². The van der Waals surface area contributed by atoms with Gasteiger partial charge >= 0.3 is 6.03 Å². The maximum absolute atomic E-state index is 13.3. The quantitative estimate of drug-likeness (QED) is 0.550. The van der Waals surface area contributed by atoms with Crippen LogP contribution in [0, 0.1) is 5.82 Å². The highest BCUT2D eigenvalue weighted by atomic mass is 19.1. The summed E-state index contributed by atoms with van der Waals surface area (Å²) in [5.74, 6) is -0.292. The lowest BCUT2D eigenvalue weighted by Gasteiger charge is -2.42. The van der Waals surface area contributed by atoms with Crippen molar-refractivity contribution in [1.29, 1.82) is 0 Å². The number of ether oxygens (including phenoxy) is 2. The maximum atomic E-state index is 13.3. The van der Waals surface area contributed by atoms with Gasteiger partial charge < -0.3 is 30.3 Å². The van der Waals surface area contributed by atoms with Crippen molar-refractivity contribution < 1.29 is 28.2 Å². The number of hydrogen-bond donors (Lipinski definition) is 3. The summed E-state index contributed by atoms with van der Waals surface area (Å²) in [6.45, 7) is 4.26. The van der Waals surface area contributed by atoms with Crippen LogP contribution in [0.25, 0.3) is 0 Å². The zero-order valence-electron chi connectivity index (χ0n) is 21.3. The van der Waals surface area contributed by atoms with Gasteiger partial charge in [0.15, 0.2) is 0 Å². The Bertz CT molecular complexity index is 1140. The minimum atomic E-state index is -0.389. The number of likely N-dealkylation sites (N-methyl/N-ethyl adjacent to an activating group) is 1. The smallest absolute Gasteiger partial charge is 0.319 e. The van der Waals surface area contributed by atoms with Gasteiger partial charge in [0, 0.05) is 25.3 Å². The first-order valence-corrected chi connectivity index (χ1v) is 12.5. The van der Waals surface area contributed by atoms with Crippen molar-refractivity contribution in [3.8, 4) is 5.75 Å². The fourth-order valence-electron chi connectivity index (χ4n) is 4.62. The summed E-state index contributed by atoms with van der Waals surface area (Å²) >= 11 is 0. The van der Waals surface area contributed by atoms with Crippen molar-refractivity contribution in [3.63, 3.8) is 0 Å². The molecule has 0 aliphatic carbocycles. The Morgan fingerprint density at radius 2 is 1.89 bits per heavy atom. The molecule has 3 atom stereocenters. The second-order valence-corrected chi connectivity index (χ2v) is 9.74. The lowest BCUT2D eigenvalue weighted by Crippen LogP contribution is -2.53. The monoisotopic (exact) mass is 512 g/mol. The number of benzene rings is 2. The third kappa shape index (κ3) is 6.76. The fourth-order valence-corrected chi connectivity index (χ4v) is 4.62. The number of anilines is 1. The second-order valence-electron chi connectivity index (χ2n) is 9.74. The number of carbonyl (C=O) groups excluding carboxylic acids is 3. The molecular weight excluding hydrogens is 479 g/mol. The molecule has 2 aliphatic heterocycles. The van der Waals surface area contributed by atoms with Gasteiger partial charge in [0.1, 0.15) is 24.3 Å². The van der Waals surface area contributed by atoms with E-state index < -0.39 is 0 Å². The van der Waals surface area contributed by atoms with E-state index in [0.29, 0.717) is 36.4 Å². The Morgan fingerprint density at radius 3 is 2.62 bits per heavy atom. The lowest BCUT2D eigenvalue weighted by molar-refractivity contribution is -0.134. The molecule has 198 valence electrons. The standard InChI is InChI=1S/C27H33FN4O5/c1-16(2)30-27(35)31-19-8-11-23-21(12-19)26(34)32(3)22-10-9-20(37-24(22)15-36-23)13-25(33)29-14-17-4-6-18(28)7-5-17/h4-8,11-12,16,20,22,24H,9-10,13-15H2,1-3H3,(H,29,33)(H2,30,31,35)/t20-,22+,24+/m0/s1. The molecule has 37 heavy (non-hydrogen) atoms. The first kappa shape index (κ1) is 26.4. The summed E-state index contributed by atoms with van der Waals surface area (Å²) in [6.07, 6.45) is 0.779. The molecule has 9 nitrogen and oxygen atoms in total. The van der Waals surface area contributed by atoms with Crippen LogP contribution in [-0.2, 0) is 16.1 Å². The van der Waals surface area contributed by atoms with Gasteiger partial charge in [0.05, 0.1) is 24.1 Å². The summed E-state index contributed by atoms with van der Waals surface area (Å²) in [5, 5.41) is 8.34. The maximum Gasteiger partial charge on any atom is 0.319 e. The summed E-state index contributed by atoms with van der Waals surface area (Å²) in [4.78, 5) is 39.6. The molecule has 4 amide bonds. The van der Waals surface area contributed by atoms with E-state index in [1.807, 2.05) is 13.8 Å². The van der Waals surface area contributed by atoms with Crippen molar-refractivity contribution in [2.75, 3.05) is 19.0 Å². The Hall–Kier alpha value is -3.66. The van der Waals surface area contributed by atoms with Crippen LogP contribution >= 0.6 is 0 Å². The van der Waals surface area contributed by atoms with Crippen LogP contribution in [0.1, 0.15) is 49.0 Å². The average molecular weight is 513 g/mol. The van der Waals surface area contributed by atoms with Crippen molar-refractivity contribution in [3.05, 3.63) is 59.4 Å². The number of urea groups is 1. The normalized spacial score (nSPS) is 21.2. The number of hydrogen-bond acceptors (Lipinski definition) is 5. The molecule has 0 unspecified atom stereocenters. The number of nitrogens with one attached hydrogen (secondary N) is 3. The van der Waals surface area contributed by atoms with Crippen molar-refractivity contribution in [2.24, 2.45) is 0 Å². The molecule has 0 saturated carbocycles. The molecule has 2 heterocycles. The minimum Gasteiger partial charge on any atom is -0.490 e. The number of rotatable bonds is 6. The average Bonchev–Trinajstić information content (AvgIpc) is 2.85. The molecular formula is C27H33FN4O5. The first-order valence-electron chi connectivity index (χ1n) is 12.5. The van der Waals surface area contributed by atoms with Gasteiger partial charge in [-0.05, 0) is 62.6 Å². The van der Waals surface area contributed by atoms with Crippen molar-refractivity contribution in [1.82, 2.24) is 15.5 Å². The van der Waals surface area contributed by atoms with Gasteiger partial charge in [-0.1, -0.05) is 12.1 Å². The predicted molar refractivity (Wildman–Crippen MR) is 136 cm³/mol. The number of fused-ring (bicyclic) bond motifs is 2. The Morgan fingerprint density at radius 1 is 1.14 bits per heavy atom. The van der Waals surface area contributed by atoms with Crippen molar-refractivity contribution >= 4 is 23.5 Å². The largest absolute Gasteiger partial charge is 0.490 e. The van der Waals surface area contributed by atoms with Crippen LogP contribution in [0.15, 0.2) is 42.5 Å². The highest BCUT2D eigenvalue weighted by Gasteiger charge is 2.39. The summed E-state index contributed by atoms with van der Waals surface area (Å²) < 4.78 is 25.3. The fraction of sp³-hybridized carbons (Fsp3) is 0.444. The summed E-state index contributed by atoms with van der Waals surface area (Å²) in [5.41, 5.74) is 1.67. The van der Waals surface area contributed by atoms with Gasteiger partial charge in [0.2, 0.25) is 5.91 Å². The second kappa shape index (κ2) is 11.6. The topological polar surface area (TPSA) is 109 Å². The SMILES string of the molecule is CC(C)NC(=O)Nc1ccc2c(c1)C(=O)N(C)[C@@H]1CC[C@@H](CC(=O)NCc3ccc(F)cc3)O[C@@H]1CO2. The van der Waals surface area contributed by atoms with Gasteiger partial charge in [-0.2, -0.15) is 0 Å². The highest BCUT2D eigenvalue weighted by molar-refractivity contribution is 5.99. The van der Waals surface area contributed by atoms with Crippen LogP contribution in [0.4, 0.5) is 14.9 Å². The molecule has 0 aromatic heterocycles. The van der Waals surface area contributed by atoms with Crippen molar-refractivity contribution in [2.45, 2.75) is 63.9 Å². The van der Waals surface area contributed by atoms with Crippen LogP contribution in [-0.4, -0.2) is 60.7 Å². The van der Waals surface area contributed by atoms with E-state index >= 15 is 0 Å². The lowest BCUT2D eigenvalue weighted by atomic mass is 9.94. The van der Waals surface area contributed by atoms with Crippen LogP contribution in [0.3, 0.4) is 0 Å². The molecule has 0 radical (unpaired) electrons. The molecule has 1 fully saturated rings. The third-order valence-corrected chi connectivity index (χ3v) is 6.51. The number of nitrogens with zero attached hydrogens (tertiary/aromatic N) is 1. The Kier molecular flexibility index (Phi) is 8.27. The molecule has 2 aromatic carbocycles. The van der Waals surface area contributed by atoms with E-state index in [-0.39, 0.29) is 61.0 Å².